The maximum atomic E-state index is 12.6. The third-order valence-corrected chi connectivity index (χ3v) is 5.27. The largest absolute Gasteiger partial charge is 0.492 e. The number of rotatable bonds is 6. The van der Waals surface area contributed by atoms with Crippen molar-refractivity contribution >= 4 is 33.0 Å². The molecule has 0 bridgehead atoms. The van der Waals surface area contributed by atoms with Gasteiger partial charge in [0.15, 0.2) is 9.84 Å². The van der Waals surface area contributed by atoms with Gasteiger partial charge in [-0.25, -0.2) is 8.42 Å². The van der Waals surface area contributed by atoms with Crippen LogP contribution in [0.5, 0.6) is 11.5 Å². The molecule has 27 heavy (non-hydrogen) atoms. The van der Waals surface area contributed by atoms with Crippen molar-refractivity contribution in [3.05, 3.63) is 53.1 Å². The molecule has 1 atom stereocenters. The Bertz CT molecular complexity index is 945. The Morgan fingerprint density at radius 1 is 1.30 bits per heavy atom. The van der Waals surface area contributed by atoms with Crippen LogP contribution in [-0.2, 0) is 21.1 Å². The van der Waals surface area contributed by atoms with Gasteiger partial charge in [0.2, 0.25) is 5.91 Å². The zero-order valence-corrected chi connectivity index (χ0v) is 16.3. The number of nitrogens with one attached hydrogen (secondary N) is 1. The van der Waals surface area contributed by atoms with Crippen molar-refractivity contribution in [2.24, 2.45) is 5.92 Å². The van der Waals surface area contributed by atoms with Crippen LogP contribution < -0.4 is 14.8 Å². The minimum absolute atomic E-state index is 0.0598. The molecule has 1 unspecified atom stereocenters. The molecule has 8 heteroatoms. The number of carbonyl (C=O) groups is 1. The topological polar surface area (TPSA) is 81.7 Å². The second-order valence-corrected chi connectivity index (χ2v) is 9.16. The summed E-state index contributed by atoms with van der Waals surface area (Å²) in [5.74, 6) is 0.697. The van der Waals surface area contributed by atoms with E-state index in [4.69, 9.17) is 21.1 Å². The minimum Gasteiger partial charge on any atom is -0.492 e. The van der Waals surface area contributed by atoms with Crippen molar-refractivity contribution in [2.45, 2.75) is 6.42 Å². The molecule has 6 nitrogen and oxygen atoms in total. The van der Waals surface area contributed by atoms with E-state index in [1.54, 1.807) is 30.3 Å². The van der Waals surface area contributed by atoms with Gasteiger partial charge in [0.25, 0.3) is 0 Å². The molecule has 0 fully saturated rings. The van der Waals surface area contributed by atoms with E-state index in [0.29, 0.717) is 29.5 Å². The molecule has 144 valence electrons. The van der Waals surface area contributed by atoms with Gasteiger partial charge in [-0.2, -0.15) is 0 Å². The number of hydrogen-bond acceptors (Lipinski definition) is 5. The lowest BCUT2D eigenvalue weighted by Gasteiger charge is -2.24. The number of anilines is 1. The SMILES string of the molecule is CS(=O)(=O)CCOc1cccc(NC(=O)C2COc3ccc(Cl)cc3C2)c1. The van der Waals surface area contributed by atoms with E-state index in [2.05, 4.69) is 5.32 Å². The smallest absolute Gasteiger partial charge is 0.231 e. The molecule has 3 rings (SSSR count). The summed E-state index contributed by atoms with van der Waals surface area (Å²) in [5, 5.41) is 3.46. The molecule has 0 saturated heterocycles. The molecule has 0 spiro atoms. The first-order valence-corrected chi connectivity index (χ1v) is 10.9. The highest BCUT2D eigenvalue weighted by Gasteiger charge is 2.26. The molecular weight excluding hydrogens is 390 g/mol. The fourth-order valence-electron chi connectivity index (χ4n) is 2.75. The summed E-state index contributed by atoms with van der Waals surface area (Å²) in [6, 6.07) is 12.2. The number of sulfone groups is 1. The van der Waals surface area contributed by atoms with Gasteiger partial charge < -0.3 is 14.8 Å². The van der Waals surface area contributed by atoms with Crippen molar-refractivity contribution in [3.8, 4) is 11.5 Å². The van der Waals surface area contributed by atoms with Crippen LogP contribution in [0.15, 0.2) is 42.5 Å². The number of amides is 1. The number of ether oxygens (including phenoxy) is 2. The van der Waals surface area contributed by atoms with Crippen LogP contribution in [-0.4, -0.2) is 39.5 Å². The van der Waals surface area contributed by atoms with E-state index in [1.807, 2.05) is 12.1 Å². The van der Waals surface area contributed by atoms with Gasteiger partial charge in [0.1, 0.15) is 24.7 Å². The summed E-state index contributed by atoms with van der Waals surface area (Å²) in [4.78, 5) is 12.6. The van der Waals surface area contributed by atoms with Gasteiger partial charge in [-0.3, -0.25) is 4.79 Å². The van der Waals surface area contributed by atoms with Gasteiger partial charge in [-0.15, -0.1) is 0 Å². The van der Waals surface area contributed by atoms with Gasteiger partial charge in [-0.05, 0) is 42.3 Å². The van der Waals surface area contributed by atoms with Crippen molar-refractivity contribution < 1.29 is 22.7 Å². The van der Waals surface area contributed by atoms with Gasteiger partial charge in [-0.1, -0.05) is 17.7 Å². The first-order chi connectivity index (χ1) is 12.8. The molecule has 1 amide bonds. The Morgan fingerprint density at radius 2 is 2.11 bits per heavy atom. The lowest BCUT2D eigenvalue weighted by Crippen LogP contribution is -2.32. The maximum Gasteiger partial charge on any atom is 0.231 e. The lowest BCUT2D eigenvalue weighted by atomic mass is 9.96. The van der Waals surface area contributed by atoms with Crippen molar-refractivity contribution in [2.75, 3.05) is 30.5 Å². The van der Waals surface area contributed by atoms with E-state index >= 15 is 0 Å². The van der Waals surface area contributed by atoms with Gasteiger partial charge in [0, 0.05) is 23.0 Å². The summed E-state index contributed by atoms with van der Waals surface area (Å²) >= 11 is 6.01. The highest BCUT2D eigenvalue weighted by atomic mass is 35.5. The molecule has 0 saturated carbocycles. The molecule has 1 heterocycles. The monoisotopic (exact) mass is 409 g/mol. The number of halogens is 1. The molecule has 0 aromatic heterocycles. The zero-order chi connectivity index (χ0) is 19.4. The fourth-order valence-corrected chi connectivity index (χ4v) is 3.33. The summed E-state index contributed by atoms with van der Waals surface area (Å²) < 4.78 is 33.4. The highest BCUT2D eigenvalue weighted by Crippen LogP contribution is 2.30. The van der Waals surface area contributed by atoms with Crippen molar-refractivity contribution in [3.63, 3.8) is 0 Å². The van der Waals surface area contributed by atoms with E-state index in [9.17, 15) is 13.2 Å². The second-order valence-electron chi connectivity index (χ2n) is 6.46. The number of carbonyl (C=O) groups excluding carboxylic acids is 1. The normalized spacial score (nSPS) is 16.1. The Morgan fingerprint density at radius 3 is 2.89 bits per heavy atom. The Kier molecular flexibility index (Phi) is 5.92. The molecule has 1 aliphatic heterocycles. The van der Waals surface area contributed by atoms with Crippen molar-refractivity contribution in [1.82, 2.24) is 0 Å². The predicted octanol–water partition coefficient (Wildman–Crippen LogP) is 2.95. The first kappa shape index (κ1) is 19.5. The second kappa shape index (κ2) is 8.19. The average molecular weight is 410 g/mol. The van der Waals surface area contributed by atoms with Gasteiger partial charge in [0.05, 0.1) is 11.7 Å². The van der Waals surface area contributed by atoms with Crippen LogP contribution in [0.3, 0.4) is 0 Å². The van der Waals surface area contributed by atoms with E-state index in [-0.39, 0.29) is 24.2 Å². The standard InChI is InChI=1S/C19H20ClNO5S/c1-27(23,24)8-7-25-17-4-2-3-16(11-17)21-19(22)14-9-13-10-15(20)5-6-18(13)26-12-14/h2-6,10-11,14H,7-9,12H2,1H3,(H,21,22). The summed E-state index contributed by atoms with van der Waals surface area (Å²) in [6.07, 6.45) is 1.71. The number of benzene rings is 2. The number of hydrogen-bond donors (Lipinski definition) is 1. The molecule has 0 aliphatic carbocycles. The Balaban J connectivity index is 1.60. The highest BCUT2D eigenvalue weighted by molar-refractivity contribution is 7.90. The van der Waals surface area contributed by atoms with Crippen LogP contribution in [0.25, 0.3) is 0 Å². The van der Waals surface area contributed by atoms with E-state index in [0.717, 1.165) is 17.6 Å². The molecule has 1 aliphatic rings. The zero-order valence-electron chi connectivity index (χ0n) is 14.8. The lowest BCUT2D eigenvalue weighted by molar-refractivity contribution is -0.121. The van der Waals surface area contributed by atoms with Gasteiger partial charge >= 0.3 is 0 Å². The quantitative estimate of drug-likeness (QED) is 0.793. The first-order valence-electron chi connectivity index (χ1n) is 8.43. The maximum absolute atomic E-state index is 12.6. The van der Waals surface area contributed by atoms with Crippen LogP contribution in [0.2, 0.25) is 5.02 Å². The minimum atomic E-state index is -3.08. The molecule has 1 N–H and O–H groups in total. The van der Waals surface area contributed by atoms with Crippen LogP contribution in [0, 0.1) is 5.92 Å². The predicted molar refractivity (Wildman–Crippen MR) is 104 cm³/mol. The Hall–Kier alpha value is -2.25. The average Bonchev–Trinajstić information content (AvgIpc) is 2.60. The number of fused-ring (bicyclic) bond motifs is 1. The third-order valence-electron chi connectivity index (χ3n) is 4.12. The van der Waals surface area contributed by atoms with Crippen LogP contribution in [0.4, 0.5) is 5.69 Å². The third kappa shape index (κ3) is 5.61. The molecule has 2 aromatic carbocycles. The summed E-state index contributed by atoms with van der Waals surface area (Å²) in [6.45, 7) is 0.356. The van der Waals surface area contributed by atoms with Crippen molar-refractivity contribution in [1.29, 1.82) is 0 Å². The van der Waals surface area contributed by atoms with Crippen LogP contribution >= 0.6 is 11.6 Å². The van der Waals surface area contributed by atoms with Crippen LogP contribution in [0.1, 0.15) is 5.56 Å². The summed E-state index contributed by atoms with van der Waals surface area (Å²) in [7, 11) is -3.08. The summed E-state index contributed by atoms with van der Waals surface area (Å²) in [5.41, 5.74) is 1.49. The molecular formula is C19H20ClNO5S. The molecule has 0 radical (unpaired) electrons. The molecule has 2 aromatic rings. The Labute approximate surface area is 163 Å². The van der Waals surface area contributed by atoms with E-state index < -0.39 is 9.84 Å². The van der Waals surface area contributed by atoms with E-state index in [1.165, 1.54) is 0 Å². The fraction of sp³-hybridized carbons (Fsp3) is 0.316.